The zero-order valence-corrected chi connectivity index (χ0v) is 18.9. The van der Waals surface area contributed by atoms with E-state index in [0.29, 0.717) is 17.9 Å². The Morgan fingerprint density at radius 2 is 1.16 bits per heavy atom. The molecule has 0 bridgehead atoms. The molecule has 0 aliphatic carbocycles. The molecule has 2 aromatic carbocycles. The molecule has 3 nitrogen and oxygen atoms in total. The lowest BCUT2D eigenvalue weighted by Crippen LogP contribution is -2.06. The van der Waals surface area contributed by atoms with Crippen LogP contribution in [0.5, 0.6) is 11.5 Å². The van der Waals surface area contributed by atoms with E-state index in [1.165, 1.54) is 0 Å². The highest BCUT2D eigenvalue weighted by Gasteiger charge is 2.22. The van der Waals surface area contributed by atoms with Gasteiger partial charge in [-0.25, -0.2) is 0 Å². The quantitative estimate of drug-likeness (QED) is 0.355. The number of rotatable bonds is 3. The molecule has 0 aliphatic heterocycles. The van der Waals surface area contributed by atoms with Gasteiger partial charge >= 0.3 is 0 Å². The minimum Gasteiger partial charge on any atom is -0.506 e. The van der Waals surface area contributed by atoms with Gasteiger partial charge in [-0.05, 0) is 111 Å². The zero-order chi connectivity index (χ0) is 18.1. The van der Waals surface area contributed by atoms with Gasteiger partial charge in [0.1, 0.15) is 11.5 Å². The number of pyridine rings is 1. The fourth-order valence-corrected chi connectivity index (χ4v) is 5.03. The van der Waals surface area contributed by atoms with Gasteiger partial charge in [-0.2, -0.15) is 0 Å². The predicted octanol–water partition coefficient (Wildman–Crippen LogP) is 6.72. The van der Waals surface area contributed by atoms with Gasteiger partial charge in [0.25, 0.3) is 0 Å². The van der Waals surface area contributed by atoms with Crippen molar-refractivity contribution in [1.29, 1.82) is 0 Å². The molecule has 0 unspecified atom stereocenters. The average molecular weight is 593 g/mol. The summed E-state index contributed by atoms with van der Waals surface area (Å²) in [4.78, 5) is 4.51. The summed E-state index contributed by atoms with van der Waals surface area (Å²) in [5.74, 6) is 0.121. The SMILES string of the molecule is Oc1c(Br)cc(C(c2cc(Br)c(O)c(Br)c2)c2ccccn2)cc1Br. The van der Waals surface area contributed by atoms with Crippen LogP contribution in [0.25, 0.3) is 0 Å². The number of aromatic hydroxyl groups is 2. The van der Waals surface area contributed by atoms with E-state index in [1.807, 2.05) is 42.5 Å². The summed E-state index contributed by atoms with van der Waals surface area (Å²) in [6.45, 7) is 0. The molecule has 0 saturated carbocycles. The smallest absolute Gasteiger partial charge is 0.143 e. The number of phenols is 2. The minimum atomic E-state index is -0.178. The van der Waals surface area contributed by atoms with Crippen LogP contribution in [-0.2, 0) is 0 Å². The van der Waals surface area contributed by atoms with Crippen molar-refractivity contribution in [2.75, 3.05) is 0 Å². The molecule has 3 aromatic rings. The first-order valence-electron chi connectivity index (χ1n) is 7.15. The fourth-order valence-electron chi connectivity index (χ4n) is 2.58. The molecule has 7 heteroatoms. The number of halogens is 4. The molecule has 0 radical (unpaired) electrons. The van der Waals surface area contributed by atoms with Crippen LogP contribution in [0.3, 0.4) is 0 Å². The molecule has 0 aliphatic rings. The number of benzene rings is 2. The Hall–Kier alpha value is -0.890. The molecule has 0 spiro atoms. The van der Waals surface area contributed by atoms with Gasteiger partial charge in [-0.3, -0.25) is 4.98 Å². The van der Waals surface area contributed by atoms with Gasteiger partial charge in [0.15, 0.2) is 0 Å². The van der Waals surface area contributed by atoms with Crippen molar-refractivity contribution in [2.45, 2.75) is 5.92 Å². The largest absolute Gasteiger partial charge is 0.506 e. The monoisotopic (exact) mass is 589 g/mol. The van der Waals surface area contributed by atoms with E-state index in [0.717, 1.165) is 16.8 Å². The third kappa shape index (κ3) is 3.94. The summed E-state index contributed by atoms with van der Waals surface area (Å²) in [5, 5.41) is 20.0. The van der Waals surface area contributed by atoms with E-state index >= 15 is 0 Å². The first-order valence-corrected chi connectivity index (χ1v) is 10.3. The van der Waals surface area contributed by atoms with Crippen molar-refractivity contribution in [3.63, 3.8) is 0 Å². The van der Waals surface area contributed by atoms with Crippen LogP contribution in [0.1, 0.15) is 22.7 Å². The van der Waals surface area contributed by atoms with E-state index in [-0.39, 0.29) is 17.4 Å². The Balaban J connectivity index is 2.25. The molecule has 25 heavy (non-hydrogen) atoms. The lowest BCUT2D eigenvalue weighted by Gasteiger charge is -2.20. The topological polar surface area (TPSA) is 53.4 Å². The first kappa shape index (κ1) is 18.9. The normalized spacial score (nSPS) is 11.1. The van der Waals surface area contributed by atoms with E-state index in [1.54, 1.807) is 6.20 Å². The Kier molecular flexibility index (Phi) is 5.88. The average Bonchev–Trinajstić information content (AvgIpc) is 2.58. The maximum Gasteiger partial charge on any atom is 0.143 e. The molecule has 2 N–H and O–H groups in total. The molecule has 0 atom stereocenters. The number of hydrogen-bond donors (Lipinski definition) is 2. The van der Waals surface area contributed by atoms with E-state index in [2.05, 4.69) is 68.7 Å². The van der Waals surface area contributed by atoms with Gasteiger partial charge in [0.2, 0.25) is 0 Å². The Labute approximate surface area is 178 Å². The van der Waals surface area contributed by atoms with Crippen molar-refractivity contribution >= 4 is 63.7 Å². The fraction of sp³-hybridized carbons (Fsp3) is 0.0556. The van der Waals surface area contributed by atoms with Crippen LogP contribution in [0, 0.1) is 0 Å². The predicted molar refractivity (Wildman–Crippen MR) is 112 cm³/mol. The molecule has 0 fully saturated rings. The lowest BCUT2D eigenvalue weighted by molar-refractivity contribution is 0.468. The van der Waals surface area contributed by atoms with Crippen LogP contribution in [0.15, 0.2) is 66.6 Å². The van der Waals surface area contributed by atoms with Crippen LogP contribution < -0.4 is 0 Å². The van der Waals surface area contributed by atoms with E-state index < -0.39 is 0 Å². The lowest BCUT2D eigenvalue weighted by atomic mass is 9.88. The van der Waals surface area contributed by atoms with Crippen molar-refractivity contribution in [3.05, 3.63) is 83.4 Å². The second-order valence-electron chi connectivity index (χ2n) is 5.35. The number of hydrogen-bond acceptors (Lipinski definition) is 3. The van der Waals surface area contributed by atoms with Crippen molar-refractivity contribution in [3.8, 4) is 11.5 Å². The van der Waals surface area contributed by atoms with Gasteiger partial charge < -0.3 is 10.2 Å². The van der Waals surface area contributed by atoms with Crippen LogP contribution >= 0.6 is 63.7 Å². The zero-order valence-electron chi connectivity index (χ0n) is 12.5. The minimum absolute atomic E-state index is 0.150. The standard InChI is InChI=1S/C18H11Br4NO2/c19-11-5-9(6-12(20)17(11)24)16(15-3-1-2-4-23-15)10-7-13(21)18(25)14(22)8-10/h1-8,16,24-25H. The summed E-state index contributed by atoms with van der Waals surface area (Å²) in [7, 11) is 0. The molecule has 3 rings (SSSR count). The van der Waals surface area contributed by atoms with Crippen LogP contribution in [0.2, 0.25) is 0 Å². The highest BCUT2D eigenvalue weighted by atomic mass is 79.9. The third-order valence-corrected chi connectivity index (χ3v) is 6.15. The number of nitrogens with zero attached hydrogens (tertiary/aromatic N) is 1. The third-order valence-electron chi connectivity index (χ3n) is 3.73. The molecule has 1 aromatic heterocycles. The highest BCUT2D eigenvalue weighted by Crippen LogP contribution is 2.42. The molecular weight excluding hydrogens is 582 g/mol. The number of aromatic nitrogens is 1. The van der Waals surface area contributed by atoms with Gasteiger partial charge in [-0.15, -0.1) is 0 Å². The second-order valence-corrected chi connectivity index (χ2v) is 8.77. The Morgan fingerprint density at radius 3 is 1.52 bits per heavy atom. The highest BCUT2D eigenvalue weighted by molar-refractivity contribution is 9.11. The summed E-state index contributed by atoms with van der Waals surface area (Å²) in [5.41, 5.74) is 2.75. The Morgan fingerprint density at radius 1 is 0.720 bits per heavy atom. The summed E-state index contributed by atoms with van der Waals surface area (Å²) in [6, 6.07) is 13.2. The molecule has 0 saturated heterocycles. The van der Waals surface area contributed by atoms with Gasteiger partial charge in [-0.1, -0.05) is 6.07 Å². The van der Waals surface area contributed by atoms with Gasteiger partial charge in [0.05, 0.1) is 29.5 Å². The first-order chi connectivity index (χ1) is 11.9. The molecule has 128 valence electrons. The van der Waals surface area contributed by atoms with Crippen molar-refractivity contribution < 1.29 is 10.2 Å². The van der Waals surface area contributed by atoms with Gasteiger partial charge in [0, 0.05) is 6.20 Å². The van der Waals surface area contributed by atoms with Crippen LogP contribution in [-0.4, -0.2) is 15.2 Å². The second kappa shape index (κ2) is 7.78. The molecular formula is C18H11Br4NO2. The maximum atomic E-state index is 10.0. The summed E-state index contributed by atoms with van der Waals surface area (Å²) < 4.78 is 2.37. The molecule has 1 heterocycles. The summed E-state index contributed by atoms with van der Waals surface area (Å²) in [6.07, 6.45) is 1.75. The molecule has 0 amide bonds. The summed E-state index contributed by atoms with van der Waals surface area (Å²) >= 11 is 13.6. The van der Waals surface area contributed by atoms with Crippen molar-refractivity contribution in [2.24, 2.45) is 0 Å². The van der Waals surface area contributed by atoms with Crippen LogP contribution in [0.4, 0.5) is 0 Å². The van der Waals surface area contributed by atoms with E-state index in [4.69, 9.17) is 0 Å². The number of phenolic OH excluding ortho intramolecular Hbond substituents is 2. The van der Waals surface area contributed by atoms with E-state index in [9.17, 15) is 10.2 Å². The maximum absolute atomic E-state index is 10.0. The van der Waals surface area contributed by atoms with Crippen molar-refractivity contribution in [1.82, 2.24) is 4.98 Å². The Bertz CT molecular complexity index is 828.